The maximum absolute atomic E-state index is 10.7. The van der Waals surface area contributed by atoms with Gasteiger partial charge in [0.2, 0.25) is 0 Å². The third kappa shape index (κ3) is 12.9. The first-order valence-electron chi connectivity index (χ1n) is 14.1. The van der Waals surface area contributed by atoms with Crippen LogP contribution in [0.5, 0.6) is 0 Å². The number of hydrogen-bond acceptors (Lipinski definition) is 7. The third-order valence-electron chi connectivity index (χ3n) is 7.74. The quantitative estimate of drug-likeness (QED) is 0.576. The minimum atomic E-state index is -0.899. The second-order valence-electron chi connectivity index (χ2n) is 11.0. The van der Waals surface area contributed by atoms with Crippen LogP contribution in [-0.2, 0) is 17.9 Å². The standard InChI is InChI=1S/C12H16N2O2.C12H18N2.C6H13N.Li/c15-12(16)11-3-7-14(8-4-11)9-10-1-5-13-6-2-10;1-11-4-8-14(9-5-11)10-12-2-6-13-7-3-12;1-6-2-4-7-5-3-6;/h1-2,5-6,11H,3-4,7-9H2,(H,15,16);2-3,6-7,11H,4-5,8-10H2,1H3;6-7H,2-5H2,1H3;/q;;;+1/p-1. The molecule has 5 rings (SSSR count). The molecule has 8 heteroatoms. The molecule has 1 N–H and O–H groups in total. The van der Waals surface area contributed by atoms with Gasteiger partial charge in [-0.15, -0.1) is 0 Å². The van der Waals surface area contributed by atoms with Gasteiger partial charge in [0.05, 0.1) is 0 Å². The van der Waals surface area contributed by atoms with Gasteiger partial charge in [-0.05, 0) is 125 Å². The van der Waals surface area contributed by atoms with Crippen molar-refractivity contribution >= 4 is 5.97 Å². The summed E-state index contributed by atoms with van der Waals surface area (Å²) in [5.41, 5.74) is 2.61. The number of carbonyl (C=O) groups is 1. The second kappa shape index (κ2) is 18.5. The van der Waals surface area contributed by atoms with Gasteiger partial charge in [0.15, 0.2) is 0 Å². The van der Waals surface area contributed by atoms with Crippen LogP contribution in [0.3, 0.4) is 0 Å². The first kappa shape index (κ1) is 32.5. The van der Waals surface area contributed by atoms with Gasteiger partial charge in [-0.25, -0.2) is 0 Å². The van der Waals surface area contributed by atoms with Crippen molar-refractivity contribution in [1.82, 2.24) is 25.1 Å². The molecule has 2 aromatic heterocycles. The first-order chi connectivity index (χ1) is 18.0. The summed E-state index contributed by atoms with van der Waals surface area (Å²) >= 11 is 0. The number of aromatic nitrogens is 2. The Kier molecular flexibility index (Phi) is 15.8. The van der Waals surface area contributed by atoms with Gasteiger partial charge in [0, 0.05) is 49.8 Å². The van der Waals surface area contributed by atoms with Crippen molar-refractivity contribution in [3.05, 3.63) is 60.2 Å². The number of nitrogens with zero attached hydrogens (tertiary/aromatic N) is 4. The summed E-state index contributed by atoms with van der Waals surface area (Å²) in [6, 6.07) is 8.20. The van der Waals surface area contributed by atoms with Gasteiger partial charge in [-0.3, -0.25) is 19.8 Å². The second-order valence-corrected chi connectivity index (χ2v) is 11.0. The van der Waals surface area contributed by atoms with Crippen LogP contribution >= 0.6 is 0 Å². The number of rotatable bonds is 5. The summed E-state index contributed by atoms with van der Waals surface area (Å²) in [4.78, 5) is 23.5. The number of carbonyl (C=O) groups excluding carboxylic acids is 1. The molecule has 2 aromatic rings. The maximum atomic E-state index is 10.7. The zero-order valence-corrected chi connectivity index (χ0v) is 23.9. The predicted molar refractivity (Wildman–Crippen MR) is 146 cm³/mol. The van der Waals surface area contributed by atoms with Crippen molar-refractivity contribution in [1.29, 1.82) is 0 Å². The van der Waals surface area contributed by atoms with Crippen molar-refractivity contribution in [2.75, 3.05) is 39.3 Å². The Morgan fingerprint density at radius 3 is 1.53 bits per heavy atom. The zero-order valence-electron chi connectivity index (χ0n) is 23.9. The van der Waals surface area contributed by atoms with Gasteiger partial charge in [-0.2, -0.15) is 0 Å². The molecule has 38 heavy (non-hydrogen) atoms. The van der Waals surface area contributed by atoms with Crippen molar-refractivity contribution in [3.63, 3.8) is 0 Å². The van der Waals surface area contributed by atoms with Gasteiger partial charge >= 0.3 is 18.9 Å². The molecular formula is C30H46LiN5O2. The molecular weight excluding hydrogens is 469 g/mol. The van der Waals surface area contributed by atoms with E-state index in [-0.39, 0.29) is 24.8 Å². The van der Waals surface area contributed by atoms with Gasteiger partial charge in [0.25, 0.3) is 0 Å². The molecule has 5 heterocycles. The molecule has 0 aliphatic carbocycles. The largest absolute Gasteiger partial charge is 1.00 e. The molecule has 3 saturated heterocycles. The average molecular weight is 516 g/mol. The van der Waals surface area contributed by atoms with E-state index in [4.69, 9.17) is 0 Å². The van der Waals surface area contributed by atoms with Crippen LogP contribution in [0.15, 0.2) is 49.1 Å². The van der Waals surface area contributed by atoms with Crippen LogP contribution in [0.1, 0.15) is 63.5 Å². The van der Waals surface area contributed by atoms with E-state index in [0.29, 0.717) is 12.8 Å². The molecule has 3 aliphatic heterocycles. The Labute approximate surface area is 242 Å². The number of pyridine rings is 2. The number of carboxylic acids is 1. The number of aliphatic carboxylic acids is 1. The minimum Gasteiger partial charge on any atom is -0.550 e. The van der Waals surface area contributed by atoms with Crippen LogP contribution in [0, 0.1) is 17.8 Å². The number of piperidine rings is 3. The van der Waals surface area contributed by atoms with E-state index in [9.17, 15) is 9.90 Å². The molecule has 7 nitrogen and oxygen atoms in total. The number of hydrogen-bond donors (Lipinski definition) is 1. The fraction of sp³-hybridized carbons (Fsp3) is 0.633. The normalized spacial score (nSPS) is 19.7. The Balaban J connectivity index is 0.000000211. The van der Waals surface area contributed by atoms with Crippen molar-refractivity contribution in [2.24, 2.45) is 17.8 Å². The molecule has 0 spiro atoms. The van der Waals surface area contributed by atoms with Crippen LogP contribution in [0.4, 0.5) is 0 Å². The van der Waals surface area contributed by atoms with E-state index < -0.39 is 5.97 Å². The molecule has 0 bridgehead atoms. The van der Waals surface area contributed by atoms with Crippen molar-refractivity contribution in [2.45, 2.75) is 65.5 Å². The first-order valence-corrected chi connectivity index (χ1v) is 14.1. The molecule has 3 fully saturated rings. The van der Waals surface area contributed by atoms with Crippen LogP contribution < -0.4 is 29.3 Å². The van der Waals surface area contributed by atoms with E-state index in [1.54, 1.807) is 12.4 Å². The van der Waals surface area contributed by atoms with E-state index in [2.05, 4.69) is 51.1 Å². The van der Waals surface area contributed by atoms with Crippen LogP contribution in [-0.4, -0.2) is 65.0 Å². The van der Waals surface area contributed by atoms with E-state index in [0.717, 1.165) is 38.0 Å². The predicted octanol–water partition coefficient (Wildman–Crippen LogP) is 0.367. The molecule has 0 radical (unpaired) electrons. The summed E-state index contributed by atoms with van der Waals surface area (Å²) in [5, 5.41) is 14.0. The third-order valence-corrected chi connectivity index (χ3v) is 7.74. The van der Waals surface area contributed by atoms with Crippen molar-refractivity contribution < 1.29 is 28.8 Å². The molecule has 3 aliphatic rings. The molecule has 0 unspecified atom stereocenters. The van der Waals surface area contributed by atoms with E-state index >= 15 is 0 Å². The fourth-order valence-electron chi connectivity index (χ4n) is 5.01. The van der Waals surface area contributed by atoms with Crippen LogP contribution in [0.25, 0.3) is 0 Å². The summed E-state index contributed by atoms with van der Waals surface area (Å²) in [7, 11) is 0. The van der Waals surface area contributed by atoms with Gasteiger partial charge < -0.3 is 15.2 Å². The molecule has 0 atom stereocenters. The monoisotopic (exact) mass is 515 g/mol. The maximum Gasteiger partial charge on any atom is 1.00 e. The van der Waals surface area contributed by atoms with Gasteiger partial charge in [-0.1, -0.05) is 13.8 Å². The summed E-state index contributed by atoms with van der Waals surface area (Å²) < 4.78 is 0. The Hall–Kier alpha value is -1.75. The molecule has 0 saturated carbocycles. The number of likely N-dealkylation sites (tertiary alicyclic amines) is 2. The summed E-state index contributed by atoms with van der Waals surface area (Å²) in [5.74, 6) is 0.738. The minimum absolute atomic E-state index is 0. The van der Waals surface area contributed by atoms with E-state index in [1.165, 1.54) is 63.0 Å². The zero-order chi connectivity index (χ0) is 26.3. The fourth-order valence-corrected chi connectivity index (χ4v) is 5.01. The average Bonchev–Trinajstić information content (AvgIpc) is 2.93. The van der Waals surface area contributed by atoms with Crippen LogP contribution in [0.2, 0.25) is 0 Å². The Morgan fingerprint density at radius 2 is 1.16 bits per heavy atom. The SMILES string of the molecule is CC1CCN(Cc2ccncc2)CC1.CC1CCNCC1.O=C([O-])C1CCN(Cc2ccncc2)CC1.[Li+]. The molecule has 204 valence electrons. The smallest absolute Gasteiger partial charge is 0.550 e. The van der Waals surface area contributed by atoms with Gasteiger partial charge in [0.1, 0.15) is 0 Å². The summed E-state index contributed by atoms with van der Waals surface area (Å²) in [6.45, 7) is 13.3. The van der Waals surface area contributed by atoms with E-state index in [1.807, 2.05) is 24.5 Å². The number of carboxylic acid groups (broad SMARTS) is 1. The van der Waals surface area contributed by atoms with Crippen molar-refractivity contribution in [3.8, 4) is 0 Å². The topological polar surface area (TPSA) is 84.4 Å². The summed E-state index contributed by atoms with van der Waals surface area (Å²) in [6.07, 6.45) is 14.2. The molecule has 0 amide bonds. The Morgan fingerprint density at radius 1 is 0.763 bits per heavy atom. The number of nitrogens with one attached hydrogen (secondary N) is 1. The molecule has 0 aromatic carbocycles. The Bertz CT molecular complexity index is 867.